The van der Waals surface area contributed by atoms with E-state index in [2.05, 4.69) is 60.1 Å². The molecule has 0 bridgehead atoms. The molecule has 21 heavy (non-hydrogen) atoms. The van der Waals surface area contributed by atoms with E-state index in [4.69, 9.17) is 4.98 Å². The molecule has 102 valence electrons. The van der Waals surface area contributed by atoms with Gasteiger partial charge in [0.25, 0.3) is 0 Å². The van der Waals surface area contributed by atoms with E-state index in [1.165, 1.54) is 27.8 Å². The molecule has 0 spiro atoms. The van der Waals surface area contributed by atoms with Crippen LogP contribution in [-0.2, 0) is 13.5 Å². The molecule has 0 fully saturated rings. The van der Waals surface area contributed by atoms with Crippen LogP contribution in [0.5, 0.6) is 0 Å². The smallest absolute Gasteiger partial charge is 0.264 e. The number of benzene rings is 1. The predicted octanol–water partition coefficient (Wildman–Crippen LogP) is 2.85. The lowest BCUT2D eigenvalue weighted by molar-refractivity contribution is -0.663. The summed E-state index contributed by atoms with van der Waals surface area (Å²) in [7, 11) is 2.07. The van der Waals surface area contributed by atoms with E-state index in [-0.39, 0.29) is 0 Å². The van der Waals surface area contributed by atoms with Crippen LogP contribution < -0.4 is 4.57 Å². The maximum absolute atomic E-state index is 4.95. The van der Waals surface area contributed by atoms with Gasteiger partial charge in [0.2, 0.25) is 0 Å². The minimum Gasteiger partial charge on any atom is -0.264 e. The third kappa shape index (κ3) is 1.85. The highest BCUT2D eigenvalue weighted by molar-refractivity contribution is 5.73. The lowest BCUT2D eigenvalue weighted by atomic mass is 10.1. The third-order valence-corrected chi connectivity index (χ3v) is 4.14. The Morgan fingerprint density at radius 3 is 2.76 bits per heavy atom. The maximum atomic E-state index is 4.95. The van der Waals surface area contributed by atoms with Crippen LogP contribution >= 0.6 is 0 Å². The minimum absolute atomic E-state index is 0.947. The predicted molar refractivity (Wildman–Crippen MR) is 81.6 cm³/mol. The molecule has 0 unspecified atom stereocenters. The Morgan fingerprint density at radius 1 is 1.05 bits per heavy atom. The zero-order chi connectivity index (χ0) is 14.4. The van der Waals surface area contributed by atoms with Gasteiger partial charge < -0.3 is 0 Å². The number of hydrogen-bond donors (Lipinski definition) is 0. The molecule has 0 aliphatic heterocycles. The van der Waals surface area contributed by atoms with Crippen molar-refractivity contribution in [1.82, 2.24) is 9.97 Å². The van der Waals surface area contributed by atoms with Gasteiger partial charge in [0.15, 0.2) is 5.69 Å². The standard InChI is InChI=1S/C18H16N3/c1-12-5-3-4-6-15(12)18-20-17-14(11-21(18)2)9-13-7-8-19-10-16(13)17/h3-8,10-11H,9H2,1-2H3/q+1. The molecule has 0 amide bonds. The van der Waals surface area contributed by atoms with Gasteiger partial charge in [-0.3, -0.25) is 4.98 Å². The minimum atomic E-state index is 0.947. The Morgan fingerprint density at radius 2 is 1.90 bits per heavy atom. The van der Waals surface area contributed by atoms with E-state index < -0.39 is 0 Å². The maximum Gasteiger partial charge on any atom is 0.331 e. The van der Waals surface area contributed by atoms with E-state index in [1.807, 2.05) is 12.4 Å². The van der Waals surface area contributed by atoms with E-state index in [1.54, 1.807) is 0 Å². The Kier molecular flexibility index (Phi) is 2.61. The third-order valence-electron chi connectivity index (χ3n) is 4.14. The summed E-state index contributed by atoms with van der Waals surface area (Å²) in [5, 5.41) is 0. The second kappa shape index (κ2) is 4.48. The molecule has 2 aromatic heterocycles. The summed E-state index contributed by atoms with van der Waals surface area (Å²) in [5.74, 6) is 1.00. The van der Waals surface area contributed by atoms with Gasteiger partial charge >= 0.3 is 5.82 Å². The molecular formula is C18H16N3+. The summed E-state index contributed by atoms with van der Waals surface area (Å²) < 4.78 is 2.13. The Hall–Kier alpha value is -2.55. The van der Waals surface area contributed by atoms with Crippen LogP contribution in [0.25, 0.3) is 22.6 Å². The van der Waals surface area contributed by atoms with Crippen LogP contribution in [0.1, 0.15) is 16.7 Å². The average molecular weight is 274 g/mol. The summed E-state index contributed by atoms with van der Waals surface area (Å²) in [6.07, 6.45) is 6.93. The quantitative estimate of drug-likeness (QED) is 0.500. The number of rotatable bonds is 1. The number of nitrogens with zero attached hydrogens (tertiary/aromatic N) is 3. The van der Waals surface area contributed by atoms with Gasteiger partial charge in [-0.1, -0.05) is 18.2 Å². The number of aromatic nitrogens is 3. The Balaban J connectivity index is 1.96. The normalized spacial score (nSPS) is 12.1. The van der Waals surface area contributed by atoms with E-state index in [0.717, 1.165) is 17.9 Å². The van der Waals surface area contributed by atoms with Gasteiger partial charge in [0.05, 0.1) is 18.8 Å². The lowest BCUT2D eigenvalue weighted by Crippen LogP contribution is -2.33. The highest BCUT2D eigenvalue weighted by atomic mass is 15.0. The van der Waals surface area contributed by atoms with E-state index in [9.17, 15) is 0 Å². The highest BCUT2D eigenvalue weighted by Crippen LogP contribution is 2.34. The molecule has 0 radical (unpaired) electrons. The monoisotopic (exact) mass is 274 g/mol. The van der Waals surface area contributed by atoms with Crippen LogP contribution in [-0.4, -0.2) is 9.97 Å². The van der Waals surface area contributed by atoms with Crippen molar-refractivity contribution in [3.05, 3.63) is 65.6 Å². The number of aryl methyl sites for hydroxylation is 2. The fourth-order valence-electron chi connectivity index (χ4n) is 3.05. The molecule has 1 aromatic carbocycles. The molecule has 0 saturated carbocycles. The van der Waals surface area contributed by atoms with Crippen LogP contribution in [0, 0.1) is 6.92 Å². The summed E-state index contributed by atoms with van der Waals surface area (Å²) >= 11 is 0. The molecule has 1 aliphatic rings. The van der Waals surface area contributed by atoms with E-state index in [0.29, 0.717) is 0 Å². The van der Waals surface area contributed by atoms with Crippen molar-refractivity contribution in [3.63, 3.8) is 0 Å². The van der Waals surface area contributed by atoms with Crippen molar-refractivity contribution < 1.29 is 4.57 Å². The lowest BCUT2D eigenvalue weighted by Gasteiger charge is -2.04. The second-order valence-corrected chi connectivity index (χ2v) is 5.57. The highest BCUT2D eigenvalue weighted by Gasteiger charge is 2.28. The molecule has 3 aromatic rings. The molecule has 0 saturated heterocycles. The summed E-state index contributed by atoms with van der Waals surface area (Å²) in [6.45, 7) is 2.12. The second-order valence-electron chi connectivity index (χ2n) is 5.57. The first kappa shape index (κ1) is 12.2. The van der Waals surface area contributed by atoms with Crippen LogP contribution in [0.3, 0.4) is 0 Å². The summed E-state index contributed by atoms with van der Waals surface area (Å²) in [5.41, 5.74) is 7.26. The van der Waals surface area contributed by atoms with Crippen molar-refractivity contribution in [2.75, 3.05) is 0 Å². The van der Waals surface area contributed by atoms with Crippen molar-refractivity contribution in [3.8, 4) is 22.6 Å². The zero-order valence-corrected chi connectivity index (χ0v) is 12.2. The molecule has 1 aliphatic carbocycles. The van der Waals surface area contributed by atoms with Gasteiger partial charge in [-0.25, -0.2) is 4.57 Å². The first-order valence-corrected chi connectivity index (χ1v) is 7.13. The Bertz CT molecular complexity index is 853. The van der Waals surface area contributed by atoms with Crippen molar-refractivity contribution in [1.29, 1.82) is 0 Å². The van der Waals surface area contributed by atoms with Crippen molar-refractivity contribution >= 4 is 0 Å². The topological polar surface area (TPSA) is 29.7 Å². The number of pyridine rings is 1. The van der Waals surface area contributed by atoms with Gasteiger partial charge in [0, 0.05) is 29.9 Å². The van der Waals surface area contributed by atoms with Gasteiger partial charge in [-0.2, -0.15) is 0 Å². The molecular weight excluding hydrogens is 258 g/mol. The fourth-order valence-corrected chi connectivity index (χ4v) is 3.05. The van der Waals surface area contributed by atoms with Crippen LogP contribution in [0.2, 0.25) is 0 Å². The molecule has 2 heterocycles. The first-order chi connectivity index (χ1) is 10.2. The largest absolute Gasteiger partial charge is 0.331 e. The van der Waals surface area contributed by atoms with Crippen molar-refractivity contribution in [2.24, 2.45) is 7.05 Å². The summed E-state index contributed by atoms with van der Waals surface area (Å²) in [6, 6.07) is 10.5. The fraction of sp³-hybridized carbons (Fsp3) is 0.167. The average Bonchev–Trinajstić information content (AvgIpc) is 2.84. The van der Waals surface area contributed by atoms with E-state index >= 15 is 0 Å². The number of fused-ring (bicyclic) bond motifs is 3. The van der Waals surface area contributed by atoms with Crippen LogP contribution in [0.4, 0.5) is 0 Å². The molecule has 3 heteroatoms. The van der Waals surface area contributed by atoms with Gasteiger partial charge in [-0.05, 0) is 35.2 Å². The SMILES string of the molecule is Cc1ccccc1-c1nc2c(c[n+]1C)Cc1ccncc1-2. The zero-order valence-electron chi connectivity index (χ0n) is 12.2. The molecule has 0 atom stereocenters. The molecule has 0 N–H and O–H groups in total. The summed E-state index contributed by atoms with van der Waals surface area (Å²) in [4.78, 5) is 9.20. The van der Waals surface area contributed by atoms with Gasteiger partial charge in [0.1, 0.15) is 0 Å². The van der Waals surface area contributed by atoms with Crippen molar-refractivity contribution in [2.45, 2.75) is 13.3 Å². The Labute approximate surface area is 124 Å². The first-order valence-electron chi connectivity index (χ1n) is 7.13. The number of hydrogen-bond acceptors (Lipinski definition) is 2. The molecule has 4 rings (SSSR count). The van der Waals surface area contributed by atoms with Gasteiger partial charge in [-0.15, -0.1) is 0 Å². The molecule has 3 nitrogen and oxygen atoms in total. The van der Waals surface area contributed by atoms with Crippen LogP contribution in [0.15, 0.2) is 48.9 Å².